The molecule has 2 aromatic carbocycles. The Kier molecular flexibility index (Phi) is 7.33. The third-order valence-corrected chi connectivity index (χ3v) is 7.53. The number of ether oxygens (including phenoxy) is 2. The number of nitrogens with zero attached hydrogens (tertiary/aromatic N) is 1. The first kappa shape index (κ1) is 25.7. The zero-order valence-corrected chi connectivity index (χ0v) is 23.0. The summed E-state index contributed by atoms with van der Waals surface area (Å²) < 4.78 is 11.9. The molecular weight excluding hydrogens is 546 g/mol. The van der Waals surface area contributed by atoms with Crippen LogP contribution in [0, 0.1) is 0 Å². The highest BCUT2D eigenvalue weighted by molar-refractivity contribution is 9.10. The average molecular weight is 574 g/mol. The van der Waals surface area contributed by atoms with Crippen molar-refractivity contribution in [3.63, 3.8) is 0 Å². The predicted molar refractivity (Wildman–Crippen MR) is 149 cm³/mol. The van der Waals surface area contributed by atoms with Crippen molar-refractivity contribution in [2.75, 3.05) is 19.5 Å². The molecule has 1 aliphatic heterocycles. The molecule has 0 spiro atoms. The first-order valence-electron chi connectivity index (χ1n) is 12.3. The number of halogens is 1. The number of rotatable bonds is 6. The summed E-state index contributed by atoms with van der Waals surface area (Å²) in [5.41, 5.74) is 4.42. The summed E-state index contributed by atoms with van der Waals surface area (Å²) in [4.78, 5) is 31.9. The summed E-state index contributed by atoms with van der Waals surface area (Å²) in [5, 5.41) is 6.32. The average Bonchev–Trinajstić information content (AvgIpc) is 2.93. The Labute approximate surface area is 230 Å². The Morgan fingerprint density at radius 3 is 2.53 bits per heavy atom. The zero-order chi connectivity index (χ0) is 26.8. The molecule has 7 nitrogen and oxygen atoms in total. The molecule has 2 aliphatic rings. The molecule has 3 aromatic rings. The van der Waals surface area contributed by atoms with Crippen LogP contribution in [0.2, 0.25) is 0 Å². The van der Waals surface area contributed by atoms with E-state index in [1.165, 1.54) is 0 Å². The van der Waals surface area contributed by atoms with Crippen molar-refractivity contribution in [2.45, 2.75) is 31.6 Å². The van der Waals surface area contributed by atoms with Crippen molar-refractivity contribution >= 4 is 33.4 Å². The number of nitrogens with one attached hydrogen (secondary N) is 2. The van der Waals surface area contributed by atoms with Gasteiger partial charge in [-0.3, -0.25) is 9.59 Å². The maximum atomic E-state index is 13.9. The Balaban J connectivity index is 1.61. The zero-order valence-electron chi connectivity index (χ0n) is 21.4. The third kappa shape index (κ3) is 4.96. The van der Waals surface area contributed by atoms with Crippen molar-refractivity contribution in [1.82, 2.24) is 10.3 Å². The fraction of sp³-hybridized carbons (Fsp3) is 0.233. The lowest BCUT2D eigenvalue weighted by Gasteiger charge is -2.37. The number of allylic oxidation sites excluding steroid dienone is 3. The summed E-state index contributed by atoms with van der Waals surface area (Å²) in [5.74, 6) is 0.694. The Bertz CT molecular complexity index is 1450. The van der Waals surface area contributed by atoms with Crippen LogP contribution in [0.5, 0.6) is 11.5 Å². The van der Waals surface area contributed by atoms with Gasteiger partial charge in [-0.1, -0.05) is 36.4 Å². The van der Waals surface area contributed by atoms with Gasteiger partial charge in [-0.15, -0.1) is 0 Å². The van der Waals surface area contributed by atoms with Gasteiger partial charge < -0.3 is 20.1 Å². The first-order valence-corrected chi connectivity index (χ1v) is 13.1. The van der Waals surface area contributed by atoms with Crippen LogP contribution in [0.3, 0.4) is 0 Å². The van der Waals surface area contributed by atoms with Gasteiger partial charge in [0.15, 0.2) is 5.78 Å². The van der Waals surface area contributed by atoms with Crippen molar-refractivity contribution < 1.29 is 19.1 Å². The SMILES string of the molecule is COc1ccc([C@@H]2C(C(=O)Nc3ccc(Br)cn3)=C(C)NC3=C2C(=O)C[C@H](c2ccccc2)C3)c(OC)c1. The molecule has 0 saturated heterocycles. The lowest BCUT2D eigenvalue weighted by atomic mass is 9.71. The molecule has 194 valence electrons. The van der Waals surface area contributed by atoms with Gasteiger partial charge >= 0.3 is 0 Å². The number of hydrogen-bond acceptors (Lipinski definition) is 6. The van der Waals surface area contributed by atoms with Gasteiger partial charge in [0, 0.05) is 51.3 Å². The molecular formula is C30H28BrN3O4. The Morgan fingerprint density at radius 1 is 1.05 bits per heavy atom. The van der Waals surface area contributed by atoms with Crippen LogP contribution < -0.4 is 20.1 Å². The van der Waals surface area contributed by atoms with Crippen LogP contribution in [0.4, 0.5) is 5.82 Å². The highest BCUT2D eigenvalue weighted by atomic mass is 79.9. The van der Waals surface area contributed by atoms with Crippen LogP contribution in [-0.2, 0) is 9.59 Å². The molecule has 1 amide bonds. The number of aromatic nitrogens is 1. The molecule has 2 atom stereocenters. The number of hydrogen-bond donors (Lipinski definition) is 2. The number of pyridine rings is 1. The van der Waals surface area contributed by atoms with E-state index in [2.05, 4.69) is 43.7 Å². The van der Waals surface area contributed by atoms with Crippen LogP contribution in [0.1, 0.15) is 42.7 Å². The molecule has 2 N–H and O–H groups in total. The maximum absolute atomic E-state index is 13.9. The number of anilines is 1. The summed E-state index contributed by atoms with van der Waals surface area (Å²) >= 11 is 3.37. The van der Waals surface area contributed by atoms with Gasteiger partial charge in [-0.05, 0) is 59.0 Å². The second-order valence-electron chi connectivity index (χ2n) is 9.35. The van der Waals surface area contributed by atoms with E-state index >= 15 is 0 Å². The minimum Gasteiger partial charge on any atom is -0.497 e. The van der Waals surface area contributed by atoms with Crippen molar-refractivity contribution in [3.8, 4) is 11.5 Å². The number of ketones is 1. The first-order chi connectivity index (χ1) is 18.4. The molecule has 0 saturated carbocycles. The number of methoxy groups -OCH3 is 2. The van der Waals surface area contributed by atoms with Crippen LogP contribution in [0.15, 0.2) is 93.9 Å². The Morgan fingerprint density at radius 2 is 1.84 bits per heavy atom. The van der Waals surface area contributed by atoms with Crippen LogP contribution in [-0.4, -0.2) is 30.9 Å². The fourth-order valence-corrected chi connectivity index (χ4v) is 5.54. The van der Waals surface area contributed by atoms with Gasteiger partial charge in [0.2, 0.25) is 0 Å². The monoisotopic (exact) mass is 573 g/mol. The standard InChI is InChI=1S/C30H28BrN3O4/c1-17-27(30(36)34-26-12-9-20(31)16-32-26)28(22-11-10-21(37-2)15-25(22)38-3)29-23(33-17)13-19(14-24(29)35)18-7-5-4-6-8-18/h4-12,15-16,19,28,33H,13-14H2,1-3H3,(H,32,34,36)/t19-,28-/m1/s1. The summed E-state index contributed by atoms with van der Waals surface area (Å²) in [6.45, 7) is 1.87. The second-order valence-corrected chi connectivity index (χ2v) is 10.3. The number of carbonyl (C=O) groups is 2. The molecule has 0 radical (unpaired) electrons. The van der Waals surface area contributed by atoms with Gasteiger partial charge in [0.25, 0.3) is 5.91 Å². The van der Waals surface area contributed by atoms with Gasteiger partial charge in [0.05, 0.1) is 20.1 Å². The van der Waals surface area contributed by atoms with E-state index < -0.39 is 5.92 Å². The molecule has 0 unspecified atom stereocenters. The van der Waals surface area contributed by atoms with E-state index in [1.54, 1.807) is 32.5 Å². The van der Waals surface area contributed by atoms with E-state index in [0.717, 1.165) is 21.3 Å². The van der Waals surface area contributed by atoms with E-state index in [0.29, 0.717) is 47.0 Å². The maximum Gasteiger partial charge on any atom is 0.255 e. The third-order valence-electron chi connectivity index (χ3n) is 7.06. The smallest absolute Gasteiger partial charge is 0.255 e. The van der Waals surface area contributed by atoms with Crippen LogP contribution >= 0.6 is 15.9 Å². The van der Waals surface area contributed by atoms with Crippen molar-refractivity contribution in [2.24, 2.45) is 0 Å². The molecule has 0 fully saturated rings. The highest BCUT2D eigenvalue weighted by Crippen LogP contribution is 2.48. The lowest BCUT2D eigenvalue weighted by Crippen LogP contribution is -2.37. The summed E-state index contributed by atoms with van der Waals surface area (Å²) in [6, 6.07) is 19.1. The minimum absolute atomic E-state index is 0.00930. The number of Topliss-reactive ketones (excluding diaryl/α,β-unsaturated/α-hetero) is 1. The highest BCUT2D eigenvalue weighted by Gasteiger charge is 2.42. The summed E-state index contributed by atoms with van der Waals surface area (Å²) in [6.07, 6.45) is 2.65. The van der Waals surface area contributed by atoms with Crippen molar-refractivity contribution in [3.05, 3.63) is 105 Å². The van der Waals surface area contributed by atoms with Crippen molar-refractivity contribution in [1.29, 1.82) is 0 Å². The van der Waals surface area contributed by atoms with E-state index in [-0.39, 0.29) is 17.6 Å². The van der Waals surface area contributed by atoms with E-state index in [4.69, 9.17) is 9.47 Å². The molecule has 38 heavy (non-hydrogen) atoms. The van der Waals surface area contributed by atoms with Gasteiger partial charge in [-0.25, -0.2) is 4.98 Å². The topological polar surface area (TPSA) is 89.5 Å². The predicted octanol–water partition coefficient (Wildman–Crippen LogP) is 5.86. The van der Waals surface area contributed by atoms with E-state index in [9.17, 15) is 9.59 Å². The minimum atomic E-state index is -0.619. The number of dihydropyridines is 1. The fourth-order valence-electron chi connectivity index (χ4n) is 5.30. The number of benzene rings is 2. The molecule has 1 aliphatic carbocycles. The second kappa shape index (κ2) is 10.8. The van der Waals surface area contributed by atoms with E-state index in [1.807, 2.05) is 43.3 Å². The van der Waals surface area contributed by atoms with Gasteiger partial charge in [-0.2, -0.15) is 0 Å². The summed E-state index contributed by atoms with van der Waals surface area (Å²) in [7, 11) is 3.16. The molecule has 8 heteroatoms. The Hall–Kier alpha value is -3.91. The quantitative estimate of drug-likeness (QED) is 0.384. The molecule has 1 aromatic heterocycles. The molecule has 0 bridgehead atoms. The largest absolute Gasteiger partial charge is 0.497 e. The normalized spacial score (nSPS) is 19.0. The van der Waals surface area contributed by atoms with Gasteiger partial charge in [0.1, 0.15) is 17.3 Å². The number of amides is 1. The lowest BCUT2D eigenvalue weighted by molar-refractivity contribution is -0.116. The number of carbonyl (C=O) groups excluding carboxylic acids is 2. The van der Waals surface area contributed by atoms with Crippen LogP contribution in [0.25, 0.3) is 0 Å². The molecule has 2 heterocycles. The molecule has 5 rings (SSSR count).